The predicted octanol–water partition coefficient (Wildman–Crippen LogP) is 2.38. The summed E-state index contributed by atoms with van der Waals surface area (Å²) in [5.41, 5.74) is 0.785. The predicted molar refractivity (Wildman–Crippen MR) is 96.6 cm³/mol. The molecule has 2 atom stereocenters. The number of nitrogens with zero attached hydrogens (tertiary/aromatic N) is 1. The van der Waals surface area contributed by atoms with Crippen LogP contribution in [0.5, 0.6) is 5.75 Å². The molecule has 0 radical (unpaired) electrons. The lowest BCUT2D eigenvalue weighted by atomic mass is 9.94. The third-order valence-electron chi connectivity index (χ3n) is 3.89. The Hall–Kier alpha value is -1.30. The number of hydrogen-bond acceptors (Lipinski definition) is 4. The highest BCUT2D eigenvalue weighted by molar-refractivity contribution is 5.95. The summed E-state index contributed by atoms with van der Waals surface area (Å²) in [6.07, 6.45) is 2.03. The van der Waals surface area contributed by atoms with Crippen molar-refractivity contribution in [2.45, 2.75) is 25.8 Å². The molecule has 5 nitrogen and oxygen atoms in total. The molecule has 1 heterocycles. The topological polar surface area (TPSA) is 53.6 Å². The van der Waals surface area contributed by atoms with Gasteiger partial charge in [-0.2, -0.15) is 0 Å². The fourth-order valence-electron chi connectivity index (χ4n) is 2.55. The summed E-state index contributed by atoms with van der Waals surface area (Å²) >= 11 is 0. The first-order chi connectivity index (χ1) is 10.5. The number of ether oxygens (including phenoxy) is 1. The van der Waals surface area contributed by atoms with E-state index in [1.807, 2.05) is 38.4 Å². The van der Waals surface area contributed by atoms with Crippen LogP contribution in [0.4, 0.5) is 5.69 Å². The van der Waals surface area contributed by atoms with Gasteiger partial charge in [0, 0.05) is 18.3 Å². The molecule has 0 aromatic heterocycles. The summed E-state index contributed by atoms with van der Waals surface area (Å²) in [5.74, 6) is 1.42. The monoisotopic (exact) mass is 341 g/mol. The maximum Gasteiger partial charge on any atom is 0.241 e. The van der Waals surface area contributed by atoms with Gasteiger partial charge < -0.3 is 20.3 Å². The minimum atomic E-state index is -0.0953. The second-order valence-corrected chi connectivity index (χ2v) is 6.31. The summed E-state index contributed by atoms with van der Waals surface area (Å²) < 4.78 is 5.69. The molecule has 1 saturated heterocycles. The van der Waals surface area contributed by atoms with E-state index < -0.39 is 0 Å². The molecular formula is C17H28ClN3O2. The van der Waals surface area contributed by atoms with Crippen molar-refractivity contribution in [3.8, 4) is 5.75 Å². The zero-order valence-electron chi connectivity index (χ0n) is 14.2. The molecule has 1 amide bonds. The van der Waals surface area contributed by atoms with Crippen LogP contribution in [0.3, 0.4) is 0 Å². The van der Waals surface area contributed by atoms with Crippen molar-refractivity contribution in [3.05, 3.63) is 24.3 Å². The molecule has 130 valence electrons. The van der Waals surface area contributed by atoms with Crippen LogP contribution in [-0.4, -0.2) is 50.6 Å². The number of carbonyl (C=O) groups excluding carboxylic acids is 1. The average molecular weight is 342 g/mol. The average Bonchev–Trinajstić information content (AvgIpc) is 2.47. The van der Waals surface area contributed by atoms with Crippen molar-refractivity contribution in [1.29, 1.82) is 0 Å². The number of halogens is 1. The summed E-state index contributed by atoms with van der Waals surface area (Å²) in [6.45, 7) is 4.60. The fourth-order valence-corrected chi connectivity index (χ4v) is 2.55. The second-order valence-electron chi connectivity index (χ2n) is 6.31. The van der Waals surface area contributed by atoms with E-state index in [9.17, 15) is 4.79 Å². The smallest absolute Gasteiger partial charge is 0.241 e. The maximum absolute atomic E-state index is 12.3. The van der Waals surface area contributed by atoms with Crippen LogP contribution in [0.15, 0.2) is 24.3 Å². The van der Waals surface area contributed by atoms with Crippen LogP contribution < -0.4 is 15.4 Å². The molecule has 1 fully saturated rings. The summed E-state index contributed by atoms with van der Waals surface area (Å²) in [6, 6.07) is 7.48. The van der Waals surface area contributed by atoms with Crippen LogP contribution >= 0.6 is 12.4 Å². The Labute approximate surface area is 145 Å². The third kappa shape index (κ3) is 6.77. The highest BCUT2D eigenvalue weighted by Crippen LogP contribution is 2.20. The number of amides is 1. The van der Waals surface area contributed by atoms with Gasteiger partial charge in [-0.25, -0.2) is 0 Å². The van der Waals surface area contributed by atoms with Crippen molar-refractivity contribution in [2.75, 3.05) is 39.1 Å². The first-order valence-corrected chi connectivity index (χ1v) is 7.96. The van der Waals surface area contributed by atoms with Crippen molar-refractivity contribution >= 4 is 24.0 Å². The molecular weight excluding hydrogens is 314 g/mol. The van der Waals surface area contributed by atoms with E-state index in [4.69, 9.17) is 4.74 Å². The van der Waals surface area contributed by atoms with Gasteiger partial charge in [-0.05, 0) is 51.5 Å². The number of benzene rings is 1. The molecule has 1 aromatic carbocycles. The van der Waals surface area contributed by atoms with Crippen molar-refractivity contribution in [3.63, 3.8) is 0 Å². The molecule has 2 N–H and O–H groups in total. The second kappa shape index (κ2) is 9.75. The zero-order valence-corrected chi connectivity index (χ0v) is 15.0. The van der Waals surface area contributed by atoms with Crippen LogP contribution in [0.1, 0.15) is 19.8 Å². The molecule has 0 bridgehead atoms. The van der Waals surface area contributed by atoms with E-state index in [1.54, 1.807) is 0 Å². The SMILES string of the molecule is CC1CCNC(C(=O)Nc2cccc(OCCN(C)C)c2)C1.Cl. The van der Waals surface area contributed by atoms with E-state index >= 15 is 0 Å². The van der Waals surface area contributed by atoms with Gasteiger partial charge in [0.15, 0.2) is 0 Å². The highest BCUT2D eigenvalue weighted by Gasteiger charge is 2.24. The summed E-state index contributed by atoms with van der Waals surface area (Å²) in [4.78, 5) is 14.4. The number of likely N-dealkylation sites (N-methyl/N-ethyl adjacent to an activating group) is 1. The standard InChI is InChI=1S/C17H27N3O2.ClH/c1-13-7-8-18-16(11-13)17(21)19-14-5-4-6-15(12-14)22-10-9-20(2)3;/h4-6,12-13,16,18H,7-11H2,1-3H3,(H,19,21);1H. The molecule has 6 heteroatoms. The Balaban J connectivity index is 0.00000264. The molecule has 2 unspecified atom stereocenters. The van der Waals surface area contributed by atoms with Crippen molar-refractivity contribution in [1.82, 2.24) is 10.2 Å². The van der Waals surface area contributed by atoms with Crippen LogP contribution in [-0.2, 0) is 4.79 Å². The van der Waals surface area contributed by atoms with Crippen LogP contribution in [0, 0.1) is 5.92 Å². The molecule has 0 saturated carbocycles. The first kappa shape index (κ1) is 19.7. The van der Waals surface area contributed by atoms with Crippen LogP contribution in [0.25, 0.3) is 0 Å². The van der Waals surface area contributed by atoms with E-state index in [0.717, 1.165) is 37.4 Å². The molecule has 1 aliphatic rings. The van der Waals surface area contributed by atoms with E-state index in [-0.39, 0.29) is 24.4 Å². The lowest BCUT2D eigenvalue weighted by molar-refractivity contribution is -0.119. The zero-order chi connectivity index (χ0) is 15.9. The quantitative estimate of drug-likeness (QED) is 0.834. The fraction of sp³-hybridized carbons (Fsp3) is 0.588. The molecule has 23 heavy (non-hydrogen) atoms. The largest absolute Gasteiger partial charge is 0.492 e. The first-order valence-electron chi connectivity index (χ1n) is 7.96. The van der Waals surface area contributed by atoms with Crippen molar-refractivity contribution in [2.24, 2.45) is 5.92 Å². The Morgan fingerprint density at radius 1 is 1.43 bits per heavy atom. The third-order valence-corrected chi connectivity index (χ3v) is 3.89. The molecule has 1 aromatic rings. The van der Waals surface area contributed by atoms with E-state index in [0.29, 0.717) is 12.5 Å². The van der Waals surface area contributed by atoms with Gasteiger partial charge in [0.25, 0.3) is 0 Å². The van der Waals surface area contributed by atoms with Gasteiger partial charge >= 0.3 is 0 Å². The summed E-state index contributed by atoms with van der Waals surface area (Å²) in [7, 11) is 4.02. The van der Waals surface area contributed by atoms with E-state index in [2.05, 4.69) is 22.5 Å². The van der Waals surface area contributed by atoms with Gasteiger partial charge in [0.2, 0.25) is 5.91 Å². The maximum atomic E-state index is 12.3. The van der Waals surface area contributed by atoms with Gasteiger partial charge in [0.05, 0.1) is 6.04 Å². The molecule has 0 spiro atoms. The normalized spacial score (nSPS) is 20.7. The number of nitrogens with one attached hydrogen (secondary N) is 2. The highest BCUT2D eigenvalue weighted by atomic mass is 35.5. The lowest BCUT2D eigenvalue weighted by Crippen LogP contribution is -2.45. The summed E-state index contributed by atoms with van der Waals surface area (Å²) in [5, 5.41) is 6.26. The Morgan fingerprint density at radius 2 is 2.22 bits per heavy atom. The van der Waals surface area contributed by atoms with Crippen molar-refractivity contribution < 1.29 is 9.53 Å². The molecule has 0 aliphatic carbocycles. The Bertz CT molecular complexity index is 496. The van der Waals surface area contributed by atoms with Gasteiger partial charge in [0.1, 0.15) is 12.4 Å². The molecule has 2 rings (SSSR count). The van der Waals surface area contributed by atoms with Gasteiger partial charge in [-0.15, -0.1) is 12.4 Å². The number of piperidine rings is 1. The minimum absolute atomic E-state index is 0. The Morgan fingerprint density at radius 3 is 2.91 bits per heavy atom. The number of rotatable bonds is 6. The molecule has 1 aliphatic heterocycles. The number of carbonyl (C=O) groups is 1. The number of hydrogen-bond donors (Lipinski definition) is 2. The van der Waals surface area contributed by atoms with Gasteiger partial charge in [-0.3, -0.25) is 4.79 Å². The Kier molecular flexibility index (Phi) is 8.37. The number of anilines is 1. The van der Waals surface area contributed by atoms with Gasteiger partial charge in [-0.1, -0.05) is 13.0 Å². The van der Waals surface area contributed by atoms with Crippen LogP contribution in [0.2, 0.25) is 0 Å². The van der Waals surface area contributed by atoms with E-state index in [1.165, 1.54) is 0 Å². The minimum Gasteiger partial charge on any atom is -0.492 e. The lowest BCUT2D eigenvalue weighted by Gasteiger charge is -2.27.